The van der Waals surface area contributed by atoms with Crippen LogP contribution in [0.3, 0.4) is 0 Å². The maximum absolute atomic E-state index is 3.54. The molecule has 0 aliphatic carbocycles. The van der Waals surface area contributed by atoms with Crippen LogP contribution in [-0.4, -0.2) is 37.6 Å². The molecular weight excluding hydrogens is 136 g/mol. The summed E-state index contributed by atoms with van der Waals surface area (Å²) in [4.78, 5) is 2.41. The van der Waals surface area contributed by atoms with Gasteiger partial charge < -0.3 is 10.2 Å². The van der Waals surface area contributed by atoms with Crippen molar-refractivity contribution in [2.45, 2.75) is 26.3 Å². The Hall–Kier alpha value is -0.0800. The van der Waals surface area contributed by atoms with Crippen LogP contribution in [0.4, 0.5) is 0 Å². The molecule has 2 heteroatoms. The first-order valence-electron chi connectivity index (χ1n) is 4.60. The highest BCUT2D eigenvalue weighted by Crippen LogP contribution is 2.07. The predicted molar refractivity (Wildman–Crippen MR) is 48.7 cm³/mol. The van der Waals surface area contributed by atoms with Gasteiger partial charge >= 0.3 is 0 Å². The summed E-state index contributed by atoms with van der Waals surface area (Å²) in [7, 11) is 2.20. The fraction of sp³-hybridized carbons (Fsp3) is 1.00. The fourth-order valence-corrected chi connectivity index (χ4v) is 1.72. The number of rotatable bonds is 2. The molecule has 0 radical (unpaired) electrons. The van der Waals surface area contributed by atoms with E-state index in [-0.39, 0.29) is 0 Å². The number of likely N-dealkylation sites (N-methyl/N-ethyl adjacent to an activating group) is 1. The Morgan fingerprint density at radius 3 is 2.82 bits per heavy atom. The van der Waals surface area contributed by atoms with Gasteiger partial charge in [0.05, 0.1) is 0 Å². The molecule has 1 saturated heterocycles. The standard InChI is InChI=1S/C9H20N2/c1-8(2)6-9-7-11(3)5-4-10-9/h8-10H,4-7H2,1-3H3/t9-/m0/s1. The zero-order valence-corrected chi connectivity index (χ0v) is 7.93. The van der Waals surface area contributed by atoms with Gasteiger partial charge in [0.15, 0.2) is 0 Å². The molecule has 1 N–H and O–H groups in total. The van der Waals surface area contributed by atoms with Crippen LogP contribution in [0, 0.1) is 5.92 Å². The number of nitrogens with one attached hydrogen (secondary N) is 1. The molecule has 1 fully saturated rings. The molecule has 0 saturated carbocycles. The molecule has 0 bridgehead atoms. The van der Waals surface area contributed by atoms with Crippen LogP contribution in [0.15, 0.2) is 0 Å². The number of hydrogen-bond donors (Lipinski definition) is 1. The fourth-order valence-electron chi connectivity index (χ4n) is 1.72. The third-order valence-corrected chi connectivity index (χ3v) is 2.21. The molecule has 1 heterocycles. The lowest BCUT2D eigenvalue weighted by molar-refractivity contribution is 0.221. The molecule has 0 aromatic rings. The first-order valence-corrected chi connectivity index (χ1v) is 4.60. The van der Waals surface area contributed by atoms with E-state index in [9.17, 15) is 0 Å². The number of hydrogen-bond acceptors (Lipinski definition) is 2. The van der Waals surface area contributed by atoms with Crippen LogP contribution in [0.1, 0.15) is 20.3 Å². The summed E-state index contributed by atoms with van der Waals surface area (Å²) in [5.41, 5.74) is 0. The summed E-state index contributed by atoms with van der Waals surface area (Å²) in [6.07, 6.45) is 1.31. The van der Waals surface area contributed by atoms with E-state index in [0.717, 1.165) is 18.5 Å². The maximum Gasteiger partial charge on any atom is 0.0197 e. The monoisotopic (exact) mass is 156 g/mol. The molecule has 0 aromatic heterocycles. The van der Waals surface area contributed by atoms with Crippen molar-refractivity contribution in [2.75, 3.05) is 26.7 Å². The van der Waals surface area contributed by atoms with Gasteiger partial charge in [-0.15, -0.1) is 0 Å². The zero-order valence-electron chi connectivity index (χ0n) is 7.93. The van der Waals surface area contributed by atoms with Gasteiger partial charge in [-0.3, -0.25) is 0 Å². The van der Waals surface area contributed by atoms with Crippen LogP contribution >= 0.6 is 0 Å². The van der Waals surface area contributed by atoms with Crippen LogP contribution in [0.5, 0.6) is 0 Å². The van der Waals surface area contributed by atoms with Crippen molar-refractivity contribution in [2.24, 2.45) is 5.92 Å². The third kappa shape index (κ3) is 3.21. The van der Waals surface area contributed by atoms with Crippen molar-refractivity contribution in [1.82, 2.24) is 10.2 Å². The summed E-state index contributed by atoms with van der Waals surface area (Å²) < 4.78 is 0. The molecule has 66 valence electrons. The van der Waals surface area contributed by atoms with Crippen molar-refractivity contribution < 1.29 is 0 Å². The second kappa shape index (κ2) is 4.07. The first kappa shape index (κ1) is 9.01. The first-order chi connectivity index (χ1) is 5.18. The molecule has 1 aliphatic heterocycles. The van der Waals surface area contributed by atoms with Crippen LogP contribution < -0.4 is 5.32 Å². The Labute approximate surface area is 70.0 Å². The number of piperazine rings is 1. The molecule has 11 heavy (non-hydrogen) atoms. The molecule has 1 aliphatic rings. The molecular formula is C9H20N2. The van der Waals surface area contributed by atoms with Gasteiger partial charge in [0, 0.05) is 25.7 Å². The van der Waals surface area contributed by atoms with Gasteiger partial charge in [0.1, 0.15) is 0 Å². The Morgan fingerprint density at radius 2 is 2.27 bits per heavy atom. The molecule has 2 nitrogen and oxygen atoms in total. The van der Waals surface area contributed by atoms with Crippen molar-refractivity contribution in [3.63, 3.8) is 0 Å². The Bertz CT molecular complexity index is 110. The average molecular weight is 156 g/mol. The lowest BCUT2D eigenvalue weighted by Crippen LogP contribution is -2.49. The minimum atomic E-state index is 0.730. The van der Waals surface area contributed by atoms with E-state index in [0.29, 0.717) is 0 Å². The van der Waals surface area contributed by atoms with E-state index in [1.807, 2.05) is 0 Å². The van der Waals surface area contributed by atoms with E-state index in [1.165, 1.54) is 19.5 Å². The van der Waals surface area contributed by atoms with Gasteiger partial charge in [-0.1, -0.05) is 13.8 Å². The van der Waals surface area contributed by atoms with E-state index in [2.05, 4.69) is 31.1 Å². The maximum atomic E-state index is 3.54. The third-order valence-electron chi connectivity index (χ3n) is 2.21. The zero-order chi connectivity index (χ0) is 8.27. The van der Waals surface area contributed by atoms with E-state index < -0.39 is 0 Å². The highest BCUT2D eigenvalue weighted by Gasteiger charge is 2.16. The normalized spacial score (nSPS) is 27.8. The van der Waals surface area contributed by atoms with Crippen molar-refractivity contribution >= 4 is 0 Å². The van der Waals surface area contributed by atoms with Crippen LogP contribution in [0.2, 0.25) is 0 Å². The van der Waals surface area contributed by atoms with E-state index >= 15 is 0 Å². The average Bonchev–Trinajstić information content (AvgIpc) is 1.85. The topological polar surface area (TPSA) is 15.3 Å². The van der Waals surface area contributed by atoms with E-state index in [1.54, 1.807) is 0 Å². The van der Waals surface area contributed by atoms with Crippen molar-refractivity contribution in [3.8, 4) is 0 Å². The summed E-state index contributed by atoms with van der Waals surface area (Å²) in [6, 6.07) is 0.730. The lowest BCUT2D eigenvalue weighted by atomic mass is 10.0. The minimum absolute atomic E-state index is 0.730. The summed E-state index contributed by atoms with van der Waals surface area (Å²) >= 11 is 0. The van der Waals surface area contributed by atoms with Gasteiger partial charge in [0.25, 0.3) is 0 Å². The Morgan fingerprint density at radius 1 is 1.55 bits per heavy atom. The van der Waals surface area contributed by atoms with Gasteiger partial charge in [-0.25, -0.2) is 0 Å². The highest BCUT2D eigenvalue weighted by molar-refractivity contribution is 4.77. The summed E-state index contributed by atoms with van der Waals surface area (Å²) in [6.45, 7) is 8.16. The molecule has 0 aromatic carbocycles. The molecule has 1 atom stereocenters. The summed E-state index contributed by atoms with van der Waals surface area (Å²) in [5, 5.41) is 3.54. The van der Waals surface area contributed by atoms with E-state index in [4.69, 9.17) is 0 Å². The summed E-state index contributed by atoms with van der Waals surface area (Å²) in [5.74, 6) is 0.819. The van der Waals surface area contributed by atoms with Gasteiger partial charge in [-0.2, -0.15) is 0 Å². The van der Waals surface area contributed by atoms with Crippen LogP contribution in [-0.2, 0) is 0 Å². The Kier molecular flexibility index (Phi) is 3.34. The minimum Gasteiger partial charge on any atom is -0.311 e. The quantitative estimate of drug-likeness (QED) is 0.640. The largest absolute Gasteiger partial charge is 0.311 e. The molecule has 0 amide bonds. The smallest absolute Gasteiger partial charge is 0.0197 e. The van der Waals surface area contributed by atoms with Crippen molar-refractivity contribution in [3.05, 3.63) is 0 Å². The van der Waals surface area contributed by atoms with Gasteiger partial charge in [-0.05, 0) is 19.4 Å². The molecule has 0 spiro atoms. The van der Waals surface area contributed by atoms with Gasteiger partial charge in [0.2, 0.25) is 0 Å². The second-order valence-electron chi connectivity index (χ2n) is 4.04. The van der Waals surface area contributed by atoms with Crippen molar-refractivity contribution in [1.29, 1.82) is 0 Å². The SMILES string of the molecule is CC(C)C[C@H]1CN(C)CCN1. The lowest BCUT2D eigenvalue weighted by Gasteiger charge is -2.31. The number of nitrogens with zero attached hydrogens (tertiary/aromatic N) is 1. The predicted octanol–water partition coefficient (Wildman–Crippen LogP) is 0.936. The molecule has 1 rings (SSSR count). The molecule has 0 unspecified atom stereocenters. The highest BCUT2D eigenvalue weighted by atomic mass is 15.2. The Balaban J connectivity index is 2.23. The van der Waals surface area contributed by atoms with Crippen LogP contribution in [0.25, 0.3) is 0 Å². The second-order valence-corrected chi connectivity index (χ2v) is 4.04.